The third-order valence-electron chi connectivity index (χ3n) is 1.73. The summed E-state index contributed by atoms with van der Waals surface area (Å²) in [5, 5.41) is 24.8. The maximum atomic E-state index is 9.45. The monoisotopic (exact) mass is 276 g/mol. The molecule has 0 aromatic rings. The van der Waals surface area contributed by atoms with Gasteiger partial charge in [0.1, 0.15) is 0 Å². The molecule has 0 saturated heterocycles. The minimum Gasteiger partial charge on any atom is -0.389 e. The molecule has 0 spiro atoms. The molecule has 0 aliphatic carbocycles. The second kappa shape index (κ2) is 12.9. The van der Waals surface area contributed by atoms with Gasteiger partial charge in [0, 0.05) is 37.7 Å². The average molecular weight is 277 g/mol. The first-order valence-corrected chi connectivity index (χ1v) is 5.98. The fraction of sp³-hybridized carbons (Fsp3) is 1.00. The molecule has 2 atom stereocenters. The lowest BCUT2D eigenvalue weighted by Gasteiger charge is -2.18. The molecular weight excluding hydrogens is 256 g/mol. The lowest BCUT2D eigenvalue weighted by atomic mass is 10.2. The van der Waals surface area contributed by atoms with E-state index in [9.17, 15) is 10.2 Å². The first-order valence-electron chi connectivity index (χ1n) is 4.71. The Hall–Kier alpha value is 0.830. The SMILES string of the molecule is Cl.O[C@H](CNCCS)[C@@H](O)CNCCS. The van der Waals surface area contributed by atoms with Gasteiger partial charge in [-0.1, -0.05) is 0 Å². The zero-order valence-electron chi connectivity index (χ0n) is 8.59. The van der Waals surface area contributed by atoms with Crippen LogP contribution in [0.1, 0.15) is 0 Å². The molecule has 0 amide bonds. The van der Waals surface area contributed by atoms with E-state index in [2.05, 4.69) is 35.9 Å². The molecule has 0 fully saturated rings. The van der Waals surface area contributed by atoms with E-state index in [0.29, 0.717) is 13.1 Å². The molecule has 0 radical (unpaired) electrons. The van der Waals surface area contributed by atoms with Gasteiger partial charge in [0.15, 0.2) is 0 Å². The molecule has 0 aliphatic heterocycles. The van der Waals surface area contributed by atoms with Crippen LogP contribution in [0.25, 0.3) is 0 Å². The summed E-state index contributed by atoms with van der Waals surface area (Å²) in [6, 6.07) is 0. The average Bonchev–Trinajstić information content (AvgIpc) is 2.18. The molecule has 94 valence electrons. The van der Waals surface area contributed by atoms with Crippen molar-refractivity contribution in [3.05, 3.63) is 0 Å². The van der Waals surface area contributed by atoms with Crippen molar-refractivity contribution in [3.8, 4) is 0 Å². The van der Waals surface area contributed by atoms with Crippen LogP contribution >= 0.6 is 37.7 Å². The highest BCUT2D eigenvalue weighted by molar-refractivity contribution is 7.80. The van der Waals surface area contributed by atoms with E-state index in [1.807, 2.05) is 0 Å². The van der Waals surface area contributed by atoms with Gasteiger partial charge in [0.05, 0.1) is 12.2 Å². The van der Waals surface area contributed by atoms with Crippen LogP contribution < -0.4 is 10.6 Å². The van der Waals surface area contributed by atoms with Crippen LogP contribution in [-0.2, 0) is 0 Å². The van der Waals surface area contributed by atoms with Gasteiger partial charge in [0.25, 0.3) is 0 Å². The summed E-state index contributed by atoms with van der Waals surface area (Å²) >= 11 is 8.03. The minimum atomic E-state index is -0.734. The third-order valence-corrected chi connectivity index (χ3v) is 2.18. The molecule has 0 rings (SSSR count). The van der Waals surface area contributed by atoms with Crippen molar-refractivity contribution in [2.45, 2.75) is 12.2 Å². The summed E-state index contributed by atoms with van der Waals surface area (Å²) in [6.07, 6.45) is -1.47. The Balaban J connectivity index is 0. The molecule has 0 unspecified atom stereocenters. The number of hydrogen-bond acceptors (Lipinski definition) is 6. The predicted molar refractivity (Wildman–Crippen MR) is 72.7 cm³/mol. The quantitative estimate of drug-likeness (QED) is 0.246. The van der Waals surface area contributed by atoms with E-state index < -0.39 is 12.2 Å². The standard InChI is InChI=1S/C8H20N2O2S2.ClH/c11-7(5-9-1-3-13)8(12)6-10-2-4-14;/h7-14H,1-6H2;1H/t7-,8+;. The molecule has 0 bridgehead atoms. The number of aliphatic hydroxyl groups excluding tert-OH is 2. The number of thiol groups is 2. The van der Waals surface area contributed by atoms with Crippen LogP contribution in [0.3, 0.4) is 0 Å². The normalized spacial score (nSPS) is 14.4. The summed E-state index contributed by atoms with van der Waals surface area (Å²) in [6.45, 7) is 2.25. The topological polar surface area (TPSA) is 64.5 Å². The maximum Gasteiger partial charge on any atom is 0.0935 e. The smallest absolute Gasteiger partial charge is 0.0935 e. The maximum absolute atomic E-state index is 9.45. The Kier molecular flexibility index (Phi) is 15.7. The van der Waals surface area contributed by atoms with E-state index in [4.69, 9.17) is 0 Å². The summed E-state index contributed by atoms with van der Waals surface area (Å²) in [5.41, 5.74) is 0. The zero-order valence-corrected chi connectivity index (χ0v) is 11.2. The van der Waals surface area contributed by atoms with Crippen LogP contribution in [0.4, 0.5) is 0 Å². The molecule has 0 aliphatic rings. The lowest BCUT2D eigenvalue weighted by Crippen LogP contribution is -2.42. The van der Waals surface area contributed by atoms with Crippen LogP contribution in [0.15, 0.2) is 0 Å². The fourth-order valence-corrected chi connectivity index (χ4v) is 1.25. The Morgan fingerprint density at radius 3 is 1.47 bits per heavy atom. The first kappa shape index (κ1) is 18.2. The summed E-state index contributed by atoms with van der Waals surface area (Å²) in [7, 11) is 0. The van der Waals surface area contributed by atoms with Gasteiger partial charge in [0.2, 0.25) is 0 Å². The lowest BCUT2D eigenvalue weighted by molar-refractivity contribution is 0.0216. The predicted octanol–water partition coefficient (Wildman–Crippen LogP) is -0.831. The first-order chi connectivity index (χ1) is 6.72. The van der Waals surface area contributed by atoms with Crippen LogP contribution in [0.5, 0.6) is 0 Å². The highest BCUT2D eigenvalue weighted by Gasteiger charge is 2.14. The van der Waals surface area contributed by atoms with Gasteiger partial charge in [-0.3, -0.25) is 0 Å². The van der Waals surface area contributed by atoms with Gasteiger partial charge < -0.3 is 20.8 Å². The number of halogens is 1. The van der Waals surface area contributed by atoms with E-state index in [1.54, 1.807) is 0 Å². The number of hydrogen-bond donors (Lipinski definition) is 6. The summed E-state index contributed by atoms with van der Waals surface area (Å²) in [4.78, 5) is 0. The minimum absolute atomic E-state index is 0. The second-order valence-corrected chi connectivity index (χ2v) is 3.88. The largest absolute Gasteiger partial charge is 0.389 e. The van der Waals surface area contributed by atoms with Gasteiger partial charge in [-0.2, -0.15) is 25.3 Å². The molecule has 0 aromatic carbocycles. The van der Waals surface area contributed by atoms with E-state index >= 15 is 0 Å². The Labute approximate surface area is 108 Å². The van der Waals surface area contributed by atoms with Crippen molar-refractivity contribution in [2.75, 3.05) is 37.7 Å². The van der Waals surface area contributed by atoms with E-state index in [0.717, 1.165) is 24.6 Å². The van der Waals surface area contributed by atoms with E-state index in [-0.39, 0.29) is 12.4 Å². The molecular formula is C8H21ClN2O2S2. The highest BCUT2D eigenvalue weighted by atomic mass is 35.5. The van der Waals surface area contributed by atoms with E-state index in [1.165, 1.54) is 0 Å². The van der Waals surface area contributed by atoms with Crippen molar-refractivity contribution >= 4 is 37.7 Å². The van der Waals surface area contributed by atoms with Crippen molar-refractivity contribution in [3.63, 3.8) is 0 Å². The van der Waals surface area contributed by atoms with Crippen LogP contribution in [0, 0.1) is 0 Å². The number of aliphatic hydroxyl groups is 2. The third kappa shape index (κ3) is 11.1. The van der Waals surface area contributed by atoms with Crippen LogP contribution in [-0.4, -0.2) is 60.1 Å². The Bertz CT molecular complexity index is 121. The molecule has 4 nitrogen and oxygen atoms in total. The zero-order chi connectivity index (χ0) is 10.8. The summed E-state index contributed by atoms with van der Waals surface area (Å²) in [5.74, 6) is 1.45. The number of nitrogens with one attached hydrogen (secondary N) is 2. The van der Waals surface area contributed by atoms with Gasteiger partial charge in [-0.15, -0.1) is 12.4 Å². The van der Waals surface area contributed by atoms with Crippen molar-refractivity contribution in [1.82, 2.24) is 10.6 Å². The van der Waals surface area contributed by atoms with Crippen LogP contribution in [0.2, 0.25) is 0 Å². The van der Waals surface area contributed by atoms with Crippen molar-refractivity contribution < 1.29 is 10.2 Å². The molecule has 0 heterocycles. The van der Waals surface area contributed by atoms with Crippen molar-refractivity contribution in [1.29, 1.82) is 0 Å². The molecule has 0 aromatic heterocycles. The fourth-order valence-electron chi connectivity index (χ4n) is 0.930. The van der Waals surface area contributed by atoms with Gasteiger partial charge >= 0.3 is 0 Å². The summed E-state index contributed by atoms with van der Waals surface area (Å²) < 4.78 is 0. The van der Waals surface area contributed by atoms with Gasteiger partial charge in [-0.25, -0.2) is 0 Å². The number of rotatable bonds is 9. The molecule has 7 heteroatoms. The molecule has 0 saturated carbocycles. The Morgan fingerprint density at radius 2 is 1.20 bits per heavy atom. The highest BCUT2D eigenvalue weighted by Crippen LogP contribution is 1.90. The van der Waals surface area contributed by atoms with Gasteiger partial charge in [-0.05, 0) is 0 Å². The second-order valence-electron chi connectivity index (χ2n) is 2.99. The Morgan fingerprint density at radius 1 is 0.867 bits per heavy atom. The van der Waals surface area contributed by atoms with Crippen molar-refractivity contribution in [2.24, 2.45) is 0 Å². The molecule has 15 heavy (non-hydrogen) atoms. The molecule has 4 N–H and O–H groups in total.